The molecular weight excluding hydrogens is 332 g/mol. The van der Waals surface area contributed by atoms with Crippen LogP contribution in [0, 0.1) is 22.9 Å². The molecule has 0 radical (unpaired) electrons. The van der Waals surface area contributed by atoms with Gasteiger partial charge in [-0.1, -0.05) is 48.2 Å². The number of amidine groups is 2. The molecule has 0 aliphatic carbocycles. The highest BCUT2D eigenvalue weighted by Crippen LogP contribution is 2.33. The molecule has 0 saturated heterocycles. The fourth-order valence-electron chi connectivity index (χ4n) is 2.22. The molecule has 0 aliphatic rings. The van der Waals surface area contributed by atoms with Crippen LogP contribution in [-0.4, -0.2) is 11.7 Å². The van der Waals surface area contributed by atoms with Crippen LogP contribution < -0.4 is 11.5 Å². The maximum Gasteiger partial charge on any atom is 0.207 e. The molecule has 2 aromatic carbocycles. The second-order valence-electron chi connectivity index (χ2n) is 5.08. The summed E-state index contributed by atoms with van der Waals surface area (Å²) in [5.41, 5.74) is 13.5. The third kappa shape index (κ3) is 5.38. The van der Waals surface area contributed by atoms with Crippen molar-refractivity contribution in [1.82, 2.24) is 0 Å². The lowest BCUT2D eigenvalue weighted by Crippen LogP contribution is -2.15. The number of nitrogens with zero attached hydrogens (tertiary/aromatic N) is 4. The summed E-state index contributed by atoms with van der Waals surface area (Å²) in [6, 6.07) is 15.6. The van der Waals surface area contributed by atoms with E-state index >= 15 is 0 Å². The van der Waals surface area contributed by atoms with Crippen LogP contribution in [-0.2, 0) is 12.8 Å². The molecule has 0 saturated carbocycles. The van der Waals surface area contributed by atoms with Gasteiger partial charge in [0.15, 0.2) is 0 Å². The van der Waals surface area contributed by atoms with Crippen molar-refractivity contribution >= 4 is 23.4 Å². The van der Waals surface area contributed by atoms with Crippen molar-refractivity contribution in [1.29, 1.82) is 10.5 Å². The smallest absolute Gasteiger partial charge is 0.207 e. The largest absolute Gasteiger partial charge is 0.386 e. The second-order valence-corrected chi connectivity index (χ2v) is 6.16. The summed E-state index contributed by atoms with van der Waals surface area (Å²) in [6.45, 7) is 0. The maximum atomic E-state index is 8.61. The first-order valence-corrected chi connectivity index (χ1v) is 8.21. The Morgan fingerprint density at radius 3 is 1.60 bits per heavy atom. The van der Waals surface area contributed by atoms with Gasteiger partial charge in [0.05, 0.1) is 0 Å². The third-order valence-corrected chi connectivity index (χ3v) is 4.53. The van der Waals surface area contributed by atoms with E-state index in [0.717, 1.165) is 20.9 Å². The van der Waals surface area contributed by atoms with Crippen molar-refractivity contribution in [3.63, 3.8) is 0 Å². The molecule has 0 bridgehead atoms. The Kier molecular flexibility index (Phi) is 6.58. The lowest BCUT2D eigenvalue weighted by Gasteiger charge is -2.12. The molecule has 6 nitrogen and oxygen atoms in total. The highest BCUT2D eigenvalue weighted by atomic mass is 32.2. The summed E-state index contributed by atoms with van der Waals surface area (Å²) in [5, 5.41) is 17.2. The lowest BCUT2D eigenvalue weighted by atomic mass is 10.1. The number of hydrogen-bond acceptors (Lipinski definition) is 5. The maximum absolute atomic E-state index is 8.61. The van der Waals surface area contributed by atoms with E-state index in [1.165, 1.54) is 0 Å². The summed E-state index contributed by atoms with van der Waals surface area (Å²) >= 11 is 1.57. The Labute approximate surface area is 150 Å². The fourth-order valence-corrected chi connectivity index (χ4v) is 3.29. The molecule has 2 rings (SSSR count). The van der Waals surface area contributed by atoms with Crippen molar-refractivity contribution in [3.8, 4) is 12.4 Å². The summed E-state index contributed by atoms with van der Waals surface area (Å²) in [4.78, 5) is 9.18. The molecular formula is C18H16N6S. The van der Waals surface area contributed by atoms with Gasteiger partial charge in [-0.2, -0.15) is 20.5 Å². The molecule has 0 heterocycles. The minimum Gasteiger partial charge on any atom is -0.386 e. The Morgan fingerprint density at radius 2 is 1.20 bits per heavy atom. The van der Waals surface area contributed by atoms with Gasteiger partial charge in [0.1, 0.15) is 11.7 Å². The van der Waals surface area contributed by atoms with Crippen molar-refractivity contribution in [2.75, 3.05) is 0 Å². The van der Waals surface area contributed by atoms with Crippen LogP contribution in [0.15, 0.2) is 68.3 Å². The first-order chi connectivity index (χ1) is 12.1. The molecule has 7 heteroatoms. The van der Waals surface area contributed by atoms with Gasteiger partial charge < -0.3 is 11.5 Å². The average molecular weight is 348 g/mol. The highest BCUT2D eigenvalue weighted by molar-refractivity contribution is 7.99. The number of benzene rings is 2. The van der Waals surface area contributed by atoms with Crippen LogP contribution in [0.5, 0.6) is 0 Å². The van der Waals surface area contributed by atoms with E-state index in [1.807, 2.05) is 48.5 Å². The molecule has 4 N–H and O–H groups in total. The van der Waals surface area contributed by atoms with Crippen molar-refractivity contribution in [3.05, 3.63) is 59.7 Å². The van der Waals surface area contributed by atoms with Crippen molar-refractivity contribution in [2.24, 2.45) is 21.5 Å². The number of rotatable bonds is 6. The predicted octanol–water partition coefficient (Wildman–Crippen LogP) is 2.60. The summed E-state index contributed by atoms with van der Waals surface area (Å²) in [5.74, 6) is 0.545. The molecule has 124 valence electrons. The van der Waals surface area contributed by atoms with E-state index in [9.17, 15) is 0 Å². The van der Waals surface area contributed by atoms with Crippen LogP contribution >= 0.6 is 11.8 Å². The fraction of sp³-hybridized carbons (Fsp3) is 0.111. The average Bonchev–Trinajstić information content (AvgIpc) is 2.59. The molecule has 25 heavy (non-hydrogen) atoms. The van der Waals surface area contributed by atoms with Crippen LogP contribution in [0.4, 0.5) is 0 Å². The monoisotopic (exact) mass is 348 g/mol. The minimum atomic E-state index is 0.272. The van der Waals surface area contributed by atoms with E-state index in [2.05, 4.69) is 9.98 Å². The molecule has 0 unspecified atom stereocenters. The van der Waals surface area contributed by atoms with Crippen LogP contribution in [0.1, 0.15) is 11.1 Å². The van der Waals surface area contributed by atoms with Gasteiger partial charge in [-0.15, -0.1) is 0 Å². The molecule has 0 atom stereocenters. The summed E-state index contributed by atoms with van der Waals surface area (Å²) < 4.78 is 0. The van der Waals surface area contributed by atoms with Gasteiger partial charge in [0.25, 0.3) is 0 Å². The van der Waals surface area contributed by atoms with Gasteiger partial charge in [-0.25, -0.2) is 0 Å². The van der Waals surface area contributed by atoms with Crippen LogP contribution in [0.25, 0.3) is 0 Å². The standard InChI is InChI=1S/C18H16N6S/c19-11-23-17(21)9-13-5-1-3-7-15(13)25-16-8-4-2-6-14(16)10-18(22)24-12-20/h1-8H,9-10H2,(H2,21,23)(H2,22,24). The topological polar surface area (TPSA) is 124 Å². The van der Waals surface area contributed by atoms with Gasteiger partial charge in [-0.05, 0) is 23.3 Å². The molecule has 0 fully saturated rings. The Bertz CT molecular complexity index is 815. The van der Waals surface area contributed by atoms with E-state index in [0.29, 0.717) is 12.8 Å². The second kappa shape index (κ2) is 9.11. The SMILES string of the molecule is N#CN=C(N)Cc1ccccc1Sc1ccccc1CC(N)=NC#N. The zero-order chi connectivity index (χ0) is 18.1. The zero-order valence-corrected chi connectivity index (χ0v) is 14.2. The molecule has 2 aromatic rings. The molecule has 0 aromatic heterocycles. The Morgan fingerprint density at radius 1 is 0.800 bits per heavy atom. The molecule has 0 amide bonds. The summed E-state index contributed by atoms with van der Waals surface area (Å²) in [7, 11) is 0. The van der Waals surface area contributed by atoms with Crippen molar-refractivity contribution < 1.29 is 0 Å². The van der Waals surface area contributed by atoms with Gasteiger partial charge in [0, 0.05) is 22.6 Å². The number of nitriles is 2. The molecule has 0 aliphatic heterocycles. The zero-order valence-electron chi connectivity index (χ0n) is 13.4. The first kappa shape index (κ1) is 18.1. The normalized spacial score (nSPS) is 11.6. The summed E-state index contributed by atoms with van der Waals surface area (Å²) in [6.07, 6.45) is 4.20. The van der Waals surface area contributed by atoms with E-state index in [4.69, 9.17) is 22.0 Å². The number of nitrogens with two attached hydrogens (primary N) is 2. The minimum absolute atomic E-state index is 0.272. The Hall–Kier alpha value is -3.29. The molecule has 0 spiro atoms. The highest BCUT2D eigenvalue weighted by Gasteiger charge is 2.10. The lowest BCUT2D eigenvalue weighted by molar-refractivity contribution is 1.17. The van der Waals surface area contributed by atoms with E-state index < -0.39 is 0 Å². The predicted molar refractivity (Wildman–Crippen MR) is 98.9 cm³/mol. The quantitative estimate of drug-likeness (QED) is 0.471. The third-order valence-electron chi connectivity index (χ3n) is 3.30. The van der Waals surface area contributed by atoms with Crippen molar-refractivity contribution in [2.45, 2.75) is 22.6 Å². The first-order valence-electron chi connectivity index (χ1n) is 7.40. The van der Waals surface area contributed by atoms with Gasteiger partial charge in [-0.3, -0.25) is 0 Å². The van der Waals surface area contributed by atoms with E-state index in [1.54, 1.807) is 24.1 Å². The number of aliphatic imine (C=N–C) groups is 2. The Balaban J connectivity index is 2.30. The number of hydrogen-bond donors (Lipinski definition) is 2. The van der Waals surface area contributed by atoms with E-state index in [-0.39, 0.29) is 11.7 Å². The van der Waals surface area contributed by atoms with Gasteiger partial charge in [0.2, 0.25) is 12.4 Å². The van der Waals surface area contributed by atoms with Gasteiger partial charge >= 0.3 is 0 Å². The van der Waals surface area contributed by atoms with Crippen LogP contribution in [0.2, 0.25) is 0 Å². The van der Waals surface area contributed by atoms with Crippen LogP contribution in [0.3, 0.4) is 0 Å².